The molecule has 0 spiro atoms. The van der Waals surface area contributed by atoms with Crippen LogP contribution >= 0.6 is 11.3 Å². The summed E-state index contributed by atoms with van der Waals surface area (Å²) < 4.78 is 0. The predicted molar refractivity (Wildman–Crippen MR) is 61.8 cm³/mol. The topological polar surface area (TPSA) is 15.3 Å². The molecule has 1 aliphatic heterocycles. The van der Waals surface area contributed by atoms with Gasteiger partial charge in [0, 0.05) is 37.1 Å². The SMILES string of the molecule is CCC(c1cccs1)N1CCNCC1. The van der Waals surface area contributed by atoms with Crippen molar-refractivity contribution in [1.29, 1.82) is 0 Å². The molecule has 0 radical (unpaired) electrons. The highest BCUT2D eigenvalue weighted by Gasteiger charge is 2.20. The van der Waals surface area contributed by atoms with Crippen LogP contribution in [0.3, 0.4) is 0 Å². The molecule has 78 valence electrons. The lowest BCUT2D eigenvalue weighted by Crippen LogP contribution is -2.44. The molecule has 1 N–H and O–H groups in total. The third-order valence-electron chi connectivity index (χ3n) is 2.85. The smallest absolute Gasteiger partial charge is 0.0439 e. The van der Waals surface area contributed by atoms with Crippen molar-refractivity contribution in [2.45, 2.75) is 19.4 Å². The summed E-state index contributed by atoms with van der Waals surface area (Å²) in [5.41, 5.74) is 0. The maximum atomic E-state index is 3.40. The minimum absolute atomic E-state index is 0.650. The first-order chi connectivity index (χ1) is 6.92. The molecule has 2 heterocycles. The molecule has 0 amide bonds. The first kappa shape index (κ1) is 10.1. The van der Waals surface area contributed by atoms with Crippen molar-refractivity contribution in [3.63, 3.8) is 0 Å². The number of piperazine rings is 1. The zero-order valence-corrected chi connectivity index (χ0v) is 9.52. The van der Waals surface area contributed by atoms with Crippen molar-refractivity contribution in [3.05, 3.63) is 22.4 Å². The highest BCUT2D eigenvalue weighted by Crippen LogP contribution is 2.27. The molecule has 1 aromatic rings. The fraction of sp³-hybridized carbons (Fsp3) is 0.636. The quantitative estimate of drug-likeness (QED) is 0.822. The summed E-state index contributed by atoms with van der Waals surface area (Å²) in [4.78, 5) is 4.12. The van der Waals surface area contributed by atoms with E-state index in [1.165, 1.54) is 24.4 Å². The van der Waals surface area contributed by atoms with Gasteiger partial charge in [0.05, 0.1) is 0 Å². The standard InChI is InChI=1S/C11H18N2S/c1-2-10(11-4-3-9-14-11)13-7-5-12-6-8-13/h3-4,9-10,12H,2,5-8H2,1H3. The monoisotopic (exact) mass is 210 g/mol. The van der Waals surface area contributed by atoms with Gasteiger partial charge in [0.1, 0.15) is 0 Å². The van der Waals surface area contributed by atoms with Crippen LogP contribution in [-0.4, -0.2) is 31.1 Å². The molecule has 14 heavy (non-hydrogen) atoms. The summed E-state index contributed by atoms with van der Waals surface area (Å²) in [5.74, 6) is 0. The Balaban J connectivity index is 2.04. The van der Waals surface area contributed by atoms with Crippen molar-refractivity contribution >= 4 is 11.3 Å². The fourth-order valence-electron chi connectivity index (χ4n) is 2.11. The summed E-state index contributed by atoms with van der Waals surface area (Å²) in [7, 11) is 0. The maximum absolute atomic E-state index is 3.40. The van der Waals surface area contributed by atoms with Gasteiger partial charge in [-0.1, -0.05) is 13.0 Å². The predicted octanol–water partition coefficient (Wildman–Crippen LogP) is 2.10. The van der Waals surface area contributed by atoms with E-state index in [-0.39, 0.29) is 0 Å². The van der Waals surface area contributed by atoms with E-state index in [2.05, 4.69) is 34.7 Å². The molecule has 1 unspecified atom stereocenters. The van der Waals surface area contributed by atoms with Gasteiger partial charge in [-0.3, -0.25) is 4.90 Å². The van der Waals surface area contributed by atoms with Crippen LogP contribution < -0.4 is 5.32 Å². The van der Waals surface area contributed by atoms with Crippen LogP contribution in [0.25, 0.3) is 0 Å². The summed E-state index contributed by atoms with van der Waals surface area (Å²) in [6.45, 7) is 6.95. The Morgan fingerprint density at radius 2 is 2.29 bits per heavy atom. The summed E-state index contributed by atoms with van der Waals surface area (Å²) in [5, 5.41) is 5.58. The first-order valence-electron chi connectivity index (χ1n) is 5.40. The molecule has 1 aromatic heterocycles. The van der Waals surface area contributed by atoms with Crippen molar-refractivity contribution in [2.24, 2.45) is 0 Å². The molecule has 1 atom stereocenters. The van der Waals surface area contributed by atoms with Crippen molar-refractivity contribution < 1.29 is 0 Å². The van der Waals surface area contributed by atoms with Crippen molar-refractivity contribution in [1.82, 2.24) is 10.2 Å². The Labute approximate surface area is 89.9 Å². The van der Waals surface area contributed by atoms with Gasteiger partial charge in [0.2, 0.25) is 0 Å². The highest BCUT2D eigenvalue weighted by molar-refractivity contribution is 7.10. The fourth-order valence-corrected chi connectivity index (χ4v) is 3.06. The second kappa shape index (κ2) is 4.91. The van der Waals surface area contributed by atoms with E-state index in [1.54, 1.807) is 0 Å². The van der Waals surface area contributed by atoms with Crippen LogP contribution in [0.15, 0.2) is 17.5 Å². The molecule has 0 saturated carbocycles. The van der Waals surface area contributed by atoms with E-state index in [1.807, 2.05) is 11.3 Å². The van der Waals surface area contributed by atoms with E-state index in [9.17, 15) is 0 Å². The number of nitrogens with one attached hydrogen (secondary N) is 1. The van der Waals surface area contributed by atoms with Crippen LogP contribution in [-0.2, 0) is 0 Å². The van der Waals surface area contributed by atoms with Gasteiger partial charge in [-0.25, -0.2) is 0 Å². The van der Waals surface area contributed by atoms with E-state index < -0.39 is 0 Å². The van der Waals surface area contributed by atoms with Gasteiger partial charge in [0.15, 0.2) is 0 Å². The lowest BCUT2D eigenvalue weighted by molar-refractivity contribution is 0.172. The molecule has 0 aliphatic carbocycles. The van der Waals surface area contributed by atoms with Gasteiger partial charge in [-0.05, 0) is 17.9 Å². The second-order valence-corrected chi connectivity index (χ2v) is 4.70. The lowest BCUT2D eigenvalue weighted by atomic mass is 10.1. The van der Waals surface area contributed by atoms with Crippen LogP contribution in [0.2, 0.25) is 0 Å². The van der Waals surface area contributed by atoms with Crippen LogP contribution in [0.5, 0.6) is 0 Å². The Bertz CT molecular complexity index is 252. The number of nitrogens with zero attached hydrogens (tertiary/aromatic N) is 1. The molecule has 1 fully saturated rings. The molecule has 0 aromatic carbocycles. The third kappa shape index (κ3) is 2.16. The normalized spacial score (nSPS) is 20.9. The van der Waals surface area contributed by atoms with Gasteiger partial charge in [-0.15, -0.1) is 11.3 Å². The van der Waals surface area contributed by atoms with Crippen molar-refractivity contribution in [2.75, 3.05) is 26.2 Å². The Hall–Kier alpha value is -0.380. The third-order valence-corrected chi connectivity index (χ3v) is 3.82. The molecular weight excluding hydrogens is 192 g/mol. The zero-order chi connectivity index (χ0) is 9.80. The number of rotatable bonds is 3. The molecule has 3 heteroatoms. The largest absolute Gasteiger partial charge is 0.314 e. The molecular formula is C11H18N2S. The zero-order valence-electron chi connectivity index (χ0n) is 8.70. The number of hydrogen-bond acceptors (Lipinski definition) is 3. The van der Waals surface area contributed by atoms with Gasteiger partial charge in [0.25, 0.3) is 0 Å². The lowest BCUT2D eigenvalue weighted by Gasteiger charge is -2.33. The molecule has 2 nitrogen and oxygen atoms in total. The number of hydrogen-bond donors (Lipinski definition) is 1. The highest BCUT2D eigenvalue weighted by atomic mass is 32.1. The Morgan fingerprint density at radius 3 is 2.86 bits per heavy atom. The molecule has 1 aliphatic rings. The van der Waals surface area contributed by atoms with Gasteiger partial charge in [-0.2, -0.15) is 0 Å². The van der Waals surface area contributed by atoms with Gasteiger partial charge >= 0.3 is 0 Å². The Kier molecular flexibility index (Phi) is 3.56. The summed E-state index contributed by atoms with van der Waals surface area (Å²) in [6, 6.07) is 5.07. The average molecular weight is 210 g/mol. The van der Waals surface area contributed by atoms with E-state index in [0.717, 1.165) is 13.1 Å². The molecule has 2 rings (SSSR count). The molecule has 1 saturated heterocycles. The van der Waals surface area contributed by atoms with E-state index in [4.69, 9.17) is 0 Å². The van der Waals surface area contributed by atoms with E-state index >= 15 is 0 Å². The average Bonchev–Trinajstić information content (AvgIpc) is 2.74. The maximum Gasteiger partial charge on any atom is 0.0439 e. The van der Waals surface area contributed by atoms with Crippen molar-refractivity contribution in [3.8, 4) is 0 Å². The molecule has 0 bridgehead atoms. The van der Waals surface area contributed by atoms with E-state index in [0.29, 0.717) is 6.04 Å². The van der Waals surface area contributed by atoms with Crippen LogP contribution in [0.4, 0.5) is 0 Å². The summed E-state index contributed by atoms with van der Waals surface area (Å²) >= 11 is 1.89. The second-order valence-electron chi connectivity index (χ2n) is 3.73. The minimum atomic E-state index is 0.650. The minimum Gasteiger partial charge on any atom is -0.314 e. The van der Waals surface area contributed by atoms with Gasteiger partial charge < -0.3 is 5.32 Å². The first-order valence-corrected chi connectivity index (χ1v) is 6.28. The number of thiophene rings is 1. The Morgan fingerprint density at radius 1 is 1.50 bits per heavy atom. The van der Waals surface area contributed by atoms with Crippen LogP contribution in [0.1, 0.15) is 24.3 Å². The summed E-state index contributed by atoms with van der Waals surface area (Å²) in [6.07, 6.45) is 1.22. The van der Waals surface area contributed by atoms with Crippen LogP contribution in [0, 0.1) is 0 Å².